The van der Waals surface area contributed by atoms with Crippen LogP contribution >= 0.6 is 0 Å². The number of imide groups is 1. The largest absolute Gasteiger partial charge is 0.445 e. The molecule has 1 aromatic carbocycles. The molecule has 2 amide bonds. The third-order valence-corrected chi connectivity index (χ3v) is 4.52. The molecule has 0 aromatic heterocycles. The van der Waals surface area contributed by atoms with Gasteiger partial charge in [0, 0.05) is 5.56 Å². The van der Waals surface area contributed by atoms with Crippen LogP contribution < -0.4 is 5.32 Å². The molecule has 0 aliphatic carbocycles. The highest BCUT2D eigenvalue weighted by atomic mass is 32.2. The van der Waals surface area contributed by atoms with Crippen LogP contribution in [0.3, 0.4) is 0 Å². The lowest BCUT2D eigenvalue weighted by atomic mass is 10.2. The summed E-state index contributed by atoms with van der Waals surface area (Å²) < 4.78 is 39.9. The monoisotopic (exact) mass is 301 g/mol. The number of sulfone groups is 1. The molecule has 1 heterocycles. The standard InChI is InChI=1S/C12H12FNO5S/c13-9-3-1-8(2-4-9)11(15)14-12(16)19-10-5-6-20(17,18)7-10/h1-4,10H,5-7H2,(H,14,15,16)/t10-/m1/s1. The summed E-state index contributed by atoms with van der Waals surface area (Å²) in [7, 11) is -3.16. The van der Waals surface area contributed by atoms with E-state index in [-0.39, 0.29) is 23.5 Å². The maximum absolute atomic E-state index is 12.7. The number of hydrogen-bond acceptors (Lipinski definition) is 5. The van der Waals surface area contributed by atoms with Gasteiger partial charge in [-0.25, -0.2) is 17.6 Å². The van der Waals surface area contributed by atoms with Crippen LogP contribution in [0.5, 0.6) is 0 Å². The number of hydrogen-bond donors (Lipinski definition) is 1. The number of carbonyl (C=O) groups is 2. The van der Waals surface area contributed by atoms with Gasteiger partial charge >= 0.3 is 6.09 Å². The molecule has 20 heavy (non-hydrogen) atoms. The van der Waals surface area contributed by atoms with Gasteiger partial charge in [0.1, 0.15) is 11.9 Å². The summed E-state index contributed by atoms with van der Waals surface area (Å²) in [6.45, 7) is 0. The first-order valence-electron chi connectivity index (χ1n) is 5.84. The number of ether oxygens (including phenoxy) is 1. The average Bonchev–Trinajstić information content (AvgIpc) is 2.69. The first-order chi connectivity index (χ1) is 9.35. The number of halogens is 1. The Morgan fingerprint density at radius 3 is 2.45 bits per heavy atom. The van der Waals surface area contributed by atoms with Crippen LogP contribution in [0, 0.1) is 5.82 Å². The van der Waals surface area contributed by atoms with Crippen LogP contribution in [0.4, 0.5) is 9.18 Å². The summed E-state index contributed by atoms with van der Waals surface area (Å²) in [5.41, 5.74) is 0.0994. The Labute approximate surface area is 114 Å². The lowest BCUT2D eigenvalue weighted by Gasteiger charge is -2.10. The van der Waals surface area contributed by atoms with E-state index in [1.165, 1.54) is 12.1 Å². The Hall–Kier alpha value is -1.96. The topological polar surface area (TPSA) is 89.5 Å². The highest BCUT2D eigenvalue weighted by molar-refractivity contribution is 7.91. The fraction of sp³-hybridized carbons (Fsp3) is 0.333. The van der Waals surface area contributed by atoms with E-state index in [2.05, 4.69) is 0 Å². The number of alkyl carbamates (subject to hydrolysis) is 1. The molecule has 0 radical (unpaired) electrons. The second kappa shape index (κ2) is 5.58. The Kier molecular flexibility index (Phi) is 4.03. The van der Waals surface area contributed by atoms with Crippen molar-refractivity contribution in [2.24, 2.45) is 0 Å². The summed E-state index contributed by atoms with van der Waals surface area (Å²) in [6, 6.07) is 4.61. The van der Waals surface area contributed by atoms with Crippen molar-refractivity contribution in [3.8, 4) is 0 Å². The van der Waals surface area contributed by atoms with E-state index >= 15 is 0 Å². The van der Waals surface area contributed by atoms with Crippen LogP contribution in [0.25, 0.3) is 0 Å². The fourth-order valence-electron chi connectivity index (χ4n) is 1.80. The normalized spacial score (nSPS) is 20.4. The molecule has 0 bridgehead atoms. The SMILES string of the molecule is O=C(NC(=O)c1ccc(F)cc1)O[C@@H]1CCS(=O)(=O)C1. The minimum absolute atomic E-state index is 0.0309. The molecule has 1 aliphatic heterocycles. The summed E-state index contributed by atoms with van der Waals surface area (Å²) in [5, 5.41) is 1.95. The molecular formula is C12H12FNO5S. The quantitative estimate of drug-likeness (QED) is 0.876. The molecule has 6 nitrogen and oxygen atoms in total. The molecule has 1 N–H and O–H groups in total. The minimum atomic E-state index is -3.16. The zero-order valence-electron chi connectivity index (χ0n) is 10.3. The molecule has 1 aliphatic rings. The summed E-state index contributed by atoms with van der Waals surface area (Å²) in [5.74, 6) is -1.50. The maximum atomic E-state index is 12.7. The van der Waals surface area contributed by atoms with Gasteiger partial charge in [0.2, 0.25) is 0 Å². The zero-order valence-corrected chi connectivity index (χ0v) is 11.2. The Morgan fingerprint density at radius 1 is 1.25 bits per heavy atom. The molecule has 0 spiro atoms. The van der Waals surface area contributed by atoms with Gasteiger partial charge in [-0.05, 0) is 30.7 Å². The molecule has 2 rings (SSSR count). The van der Waals surface area contributed by atoms with Gasteiger partial charge < -0.3 is 4.74 Å². The van der Waals surface area contributed by atoms with Crippen molar-refractivity contribution in [3.63, 3.8) is 0 Å². The van der Waals surface area contributed by atoms with E-state index in [1.807, 2.05) is 5.32 Å². The van der Waals surface area contributed by atoms with Crippen LogP contribution in [0.15, 0.2) is 24.3 Å². The third kappa shape index (κ3) is 3.77. The summed E-state index contributed by atoms with van der Waals surface area (Å²) >= 11 is 0. The zero-order chi connectivity index (χ0) is 14.8. The molecular weight excluding hydrogens is 289 g/mol. The highest BCUT2D eigenvalue weighted by Gasteiger charge is 2.31. The second-order valence-corrected chi connectivity index (χ2v) is 6.62. The second-order valence-electron chi connectivity index (χ2n) is 4.39. The third-order valence-electron chi connectivity index (χ3n) is 2.79. The van der Waals surface area contributed by atoms with E-state index < -0.39 is 33.8 Å². The Balaban J connectivity index is 1.88. The van der Waals surface area contributed by atoms with Crippen molar-refractivity contribution in [1.82, 2.24) is 5.32 Å². The van der Waals surface area contributed by atoms with E-state index in [4.69, 9.17) is 4.74 Å². The van der Waals surface area contributed by atoms with Crippen LogP contribution in [-0.4, -0.2) is 38.0 Å². The van der Waals surface area contributed by atoms with Crippen LogP contribution in [0.1, 0.15) is 16.8 Å². The molecule has 1 fully saturated rings. The van der Waals surface area contributed by atoms with Crippen molar-refractivity contribution in [2.45, 2.75) is 12.5 Å². The van der Waals surface area contributed by atoms with Gasteiger partial charge in [-0.3, -0.25) is 10.1 Å². The molecule has 1 atom stereocenters. The van der Waals surface area contributed by atoms with E-state index in [0.717, 1.165) is 12.1 Å². The average molecular weight is 301 g/mol. The fourth-order valence-corrected chi connectivity index (χ4v) is 3.39. The van der Waals surface area contributed by atoms with Crippen LogP contribution in [0.2, 0.25) is 0 Å². The van der Waals surface area contributed by atoms with Gasteiger partial charge in [0.15, 0.2) is 9.84 Å². The van der Waals surface area contributed by atoms with E-state index in [1.54, 1.807) is 0 Å². The molecule has 1 saturated heterocycles. The first-order valence-corrected chi connectivity index (χ1v) is 7.66. The minimum Gasteiger partial charge on any atom is -0.445 e. The first kappa shape index (κ1) is 14.4. The number of benzene rings is 1. The van der Waals surface area contributed by atoms with Crippen molar-refractivity contribution < 1.29 is 27.1 Å². The lowest BCUT2D eigenvalue weighted by molar-refractivity contribution is 0.0863. The van der Waals surface area contributed by atoms with E-state index in [9.17, 15) is 22.4 Å². The van der Waals surface area contributed by atoms with Gasteiger partial charge in [-0.1, -0.05) is 0 Å². The van der Waals surface area contributed by atoms with Crippen LogP contribution in [-0.2, 0) is 14.6 Å². The maximum Gasteiger partial charge on any atom is 0.414 e. The number of amides is 2. The van der Waals surface area contributed by atoms with Gasteiger partial charge in [0.05, 0.1) is 11.5 Å². The predicted octanol–water partition coefficient (Wildman–Crippen LogP) is 0.879. The van der Waals surface area contributed by atoms with Gasteiger partial charge in [0.25, 0.3) is 5.91 Å². The molecule has 0 unspecified atom stereocenters. The summed E-state index contributed by atoms with van der Waals surface area (Å²) in [4.78, 5) is 23.1. The Bertz CT molecular complexity index is 626. The molecule has 8 heteroatoms. The van der Waals surface area contributed by atoms with E-state index in [0.29, 0.717) is 0 Å². The number of carbonyl (C=O) groups excluding carboxylic acids is 2. The summed E-state index contributed by atoms with van der Waals surface area (Å²) in [6.07, 6.45) is -1.53. The van der Waals surface area contributed by atoms with Gasteiger partial charge in [-0.15, -0.1) is 0 Å². The predicted molar refractivity (Wildman–Crippen MR) is 67.4 cm³/mol. The van der Waals surface area contributed by atoms with Crippen molar-refractivity contribution in [1.29, 1.82) is 0 Å². The Morgan fingerprint density at radius 2 is 1.90 bits per heavy atom. The van der Waals surface area contributed by atoms with Crippen molar-refractivity contribution in [2.75, 3.05) is 11.5 Å². The van der Waals surface area contributed by atoms with Crippen molar-refractivity contribution in [3.05, 3.63) is 35.6 Å². The molecule has 0 saturated carbocycles. The molecule has 108 valence electrons. The number of rotatable bonds is 2. The smallest absolute Gasteiger partial charge is 0.414 e. The highest BCUT2D eigenvalue weighted by Crippen LogP contribution is 2.14. The number of nitrogens with one attached hydrogen (secondary N) is 1. The molecule has 1 aromatic rings. The van der Waals surface area contributed by atoms with Crippen molar-refractivity contribution >= 4 is 21.8 Å². The van der Waals surface area contributed by atoms with Gasteiger partial charge in [-0.2, -0.15) is 0 Å². The lowest BCUT2D eigenvalue weighted by Crippen LogP contribution is -2.34.